The van der Waals surface area contributed by atoms with E-state index in [1.165, 1.54) is 24.1 Å². The van der Waals surface area contributed by atoms with E-state index in [-0.39, 0.29) is 59.6 Å². The Hall–Kier alpha value is -3.78. The summed E-state index contributed by atoms with van der Waals surface area (Å²) < 4.78 is 5.38. The van der Waals surface area contributed by atoms with Gasteiger partial charge in [0.25, 0.3) is 11.8 Å². The van der Waals surface area contributed by atoms with Gasteiger partial charge in [-0.1, -0.05) is 108 Å². The first-order valence-electron chi connectivity index (χ1n) is 12.8. The van der Waals surface area contributed by atoms with Crippen LogP contribution in [0.2, 0.25) is 0 Å². The van der Waals surface area contributed by atoms with Crippen molar-refractivity contribution in [3.8, 4) is 11.5 Å². The molecule has 0 spiro atoms. The van der Waals surface area contributed by atoms with Crippen LogP contribution in [0.4, 0.5) is 0 Å². The number of amides is 2. The lowest BCUT2D eigenvalue weighted by Gasteiger charge is -2.27. The number of hydrogen-bond donors (Lipinski definition) is 2. The summed E-state index contributed by atoms with van der Waals surface area (Å²) in [6, 6.07) is 18.7. The Morgan fingerprint density at radius 1 is 0.721 bits per heavy atom. The minimum Gasteiger partial charge on any atom is -0.505 e. The van der Waals surface area contributed by atoms with E-state index in [4.69, 9.17) is 4.74 Å². The van der Waals surface area contributed by atoms with Gasteiger partial charge in [0.2, 0.25) is 0 Å². The number of methoxy groups -OCH3 is 1. The molecule has 0 radical (unpaired) electrons. The maximum absolute atomic E-state index is 13.9. The van der Waals surface area contributed by atoms with Crippen LogP contribution in [0.25, 0.3) is 0 Å². The van der Waals surface area contributed by atoms with Crippen LogP contribution in [0.1, 0.15) is 18.1 Å². The van der Waals surface area contributed by atoms with Crippen molar-refractivity contribution in [1.29, 1.82) is 0 Å². The van der Waals surface area contributed by atoms with Gasteiger partial charge in [0.15, 0.2) is 5.78 Å². The Kier molecular flexibility index (Phi) is 7.98. The molecule has 0 atom stereocenters. The molecule has 3 heterocycles. The summed E-state index contributed by atoms with van der Waals surface area (Å²) in [6.45, 7) is 1.61. The molecule has 13 heteroatoms. The minimum absolute atomic E-state index is 0.0394. The van der Waals surface area contributed by atoms with E-state index in [9.17, 15) is 29.4 Å². The van der Waals surface area contributed by atoms with Crippen molar-refractivity contribution in [3.05, 3.63) is 91.4 Å². The van der Waals surface area contributed by atoms with Gasteiger partial charge in [-0.15, -0.1) is 0 Å². The lowest BCUT2D eigenvalue weighted by atomic mass is 10.2. The van der Waals surface area contributed by atoms with Crippen molar-refractivity contribution < 1.29 is 34.1 Å². The molecule has 1 fully saturated rings. The second-order valence-electron chi connectivity index (χ2n) is 9.49. The van der Waals surface area contributed by atoms with Crippen LogP contribution in [0.5, 0.6) is 11.5 Å². The highest BCUT2D eigenvalue weighted by molar-refractivity contribution is 8.26. The highest BCUT2D eigenvalue weighted by Gasteiger charge is 2.46. The Labute approximate surface area is 263 Å². The van der Waals surface area contributed by atoms with Gasteiger partial charge in [-0.3, -0.25) is 14.4 Å². The van der Waals surface area contributed by atoms with Gasteiger partial charge in [0, 0.05) is 0 Å². The van der Waals surface area contributed by atoms with Gasteiger partial charge in [-0.05, 0) is 18.1 Å². The second kappa shape index (κ2) is 11.7. The van der Waals surface area contributed by atoms with Crippen LogP contribution in [0.15, 0.2) is 99.9 Å². The van der Waals surface area contributed by atoms with Crippen molar-refractivity contribution in [2.75, 3.05) is 7.11 Å². The Morgan fingerprint density at radius 3 is 1.53 bits per heavy atom. The smallest absolute Gasteiger partial charge is 0.343 e. The van der Waals surface area contributed by atoms with Crippen LogP contribution < -0.4 is 0 Å². The Bertz CT molecular complexity index is 1670. The van der Waals surface area contributed by atoms with Gasteiger partial charge in [-0.25, -0.2) is 14.8 Å². The third-order valence-electron chi connectivity index (χ3n) is 6.74. The normalized spacial score (nSPS) is 15.7. The van der Waals surface area contributed by atoms with Gasteiger partial charge >= 0.3 is 5.97 Å². The Morgan fingerprint density at radius 2 is 1.14 bits per heavy atom. The van der Waals surface area contributed by atoms with E-state index in [0.29, 0.717) is 4.24 Å². The molecule has 6 rings (SSSR count). The number of carbonyl (C=O) groups excluding carboxylic acids is 4. The molecule has 1 saturated heterocycles. The molecule has 218 valence electrons. The number of thioether (sulfide) groups is 4. The fourth-order valence-corrected chi connectivity index (χ4v) is 10.1. The first-order valence-corrected chi connectivity index (χ1v) is 16.1. The van der Waals surface area contributed by atoms with Crippen LogP contribution in [0.3, 0.4) is 0 Å². The number of carbonyl (C=O) groups is 4. The van der Waals surface area contributed by atoms with E-state index in [1.54, 1.807) is 0 Å². The fourth-order valence-electron chi connectivity index (χ4n) is 4.68. The fraction of sp³-hybridized carbons (Fsp3) is 0.133. The molecule has 3 aromatic rings. The highest BCUT2D eigenvalue weighted by Crippen LogP contribution is 2.68. The number of nitrogens with zero attached hydrogens (tertiary/aromatic N) is 2. The van der Waals surface area contributed by atoms with Crippen molar-refractivity contribution in [3.63, 3.8) is 0 Å². The third-order valence-corrected chi connectivity index (χ3v) is 12.0. The first-order chi connectivity index (χ1) is 20.7. The zero-order chi connectivity index (χ0) is 30.4. The maximum Gasteiger partial charge on any atom is 0.343 e. The number of fused-ring (bicyclic) bond motifs is 2. The number of hydrogen-bond acceptors (Lipinski definition) is 11. The number of phenolic OH excluding ortho intramolecular Hbond substituents is 2. The molecule has 43 heavy (non-hydrogen) atoms. The van der Waals surface area contributed by atoms with Gasteiger partial charge in [0.1, 0.15) is 22.6 Å². The van der Waals surface area contributed by atoms with Crippen molar-refractivity contribution in [2.45, 2.75) is 39.6 Å². The number of ether oxygens (including phenoxy) is 1. The number of aromatic hydroxyl groups is 2. The summed E-state index contributed by atoms with van der Waals surface area (Å²) in [7, 11) is 1.17. The van der Waals surface area contributed by atoms with Gasteiger partial charge in [-0.2, -0.15) is 0 Å². The second-order valence-corrected chi connectivity index (χ2v) is 14.1. The standard InChI is InChI=1S/C30H22N2O7S4/c1-15(33)18(28(38)39-2)29-40-22-20(34)24-25(21(35)23(22)41-29)43-30(42-24)19-26(36)31(13-16-9-5-3-6-10-16)32(27(19)37)14-17-11-7-4-8-12-17/h3-12,34-35H,13-14H2,1-2H3. The molecule has 9 nitrogen and oxygen atoms in total. The third kappa shape index (κ3) is 5.20. The molecule has 2 N–H and O–H groups in total. The summed E-state index contributed by atoms with van der Waals surface area (Å²) in [5.41, 5.74) is 1.49. The molecule has 3 aromatic carbocycles. The van der Waals surface area contributed by atoms with E-state index >= 15 is 0 Å². The van der Waals surface area contributed by atoms with Crippen molar-refractivity contribution >= 4 is 70.6 Å². The van der Waals surface area contributed by atoms with Crippen molar-refractivity contribution in [2.24, 2.45) is 0 Å². The van der Waals surface area contributed by atoms with Crippen LogP contribution in [0, 0.1) is 0 Å². The molecule has 2 amide bonds. The number of rotatable bonds is 6. The first kappa shape index (κ1) is 29.3. The number of benzene rings is 3. The average molecular weight is 651 g/mol. The summed E-state index contributed by atoms with van der Waals surface area (Å²) in [6.07, 6.45) is 0. The van der Waals surface area contributed by atoms with Crippen LogP contribution in [-0.4, -0.2) is 50.9 Å². The summed E-state index contributed by atoms with van der Waals surface area (Å²) in [4.78, 5) is 53.3. The number of Topliss-reactive ketones (excluding diaryl/α,β-unsaturated/α-hetero) is 1. The summed E-state index contributed by atoms with van der Waals surface area (Å²) >= 11 is 4.03. The van der Waals surface area contributed by atoms with Crippen molar-refractivity contribution in [1.82, 2.24) is 10.0 Å². The predicted octanol–water partition coefficient (Wildman–Crippen LogP) is 5.66. The van der Waals surface area contributed by atoms with E-state index in [2.05, 4.69) is 0 Å². The molecule has 3 aliphatic rings. The molecular weight excluding hydrogens is 629 g/mol. The zero-order valence-corrected chi connectivity index (χ0v) is 25.9. The summed E-state index contributed by atoms with van der Waals surface area (Å²) in [5.74, 6) is -2.60. The van der Waals surface area contributed by atoms with E-state index in [1.807, 2.05) is 60.7 Å². The average Bonchev–Trinajstić information content (AvgIpc) is 3.69. The number of phenols is 2. The highest BCUT2D eigenvalue weighted by atomic mass is 32.2. The van der Waals surface area contributed by atoms with Crippen LogP contribution in [-0.2, 0) is 37.0 Å². The number of esters is 1. The van der Waals surface area contributed by atoms with Gasteiger partial charge < -0.3 is 14.9 Å². The van der Waals surface area contributed by atoms with Crippen LogP contribution >= 0.6 is 47.0 Å². The molecule has 0 saturated carbocycles. The molecule has 0 unspecified atom stereocenters. The number of hydrazine groups is 1. The summed E-state index contributed by atoms with van der Waals surface area (Å²) in [5, 5.41) is 25.4. The molecule has 0 bridgehead atoms. The topological polar surface area (TPSA) is 124 Å². The largest absolute Gasteiger partial charge is 0.505 e. The lowest BCUT2D eigenvalue weighted by molar-refractivity contribution is -0.149. The predicted molar refractivity (Wildman–Crippen MR) is 164 cm³/mol. The molecule has 0 aliphatic carbocycles. The quantitative estimate of drug-likeness (QED) is 0.113. The number of ketones is 1. The van der Waals surface area contributed by atoms with E-state index in [0.717, 1.165) is 58.2 Å². The molecule has 3 aliphatic heterocycles. The lowest BCUT2D eigenvalue weighted by Crippen LogP contribution is -2.39. The molecule has 0 aromatic heterocycles. The monoisotopic (exact) mass is 650 g/mol. The Balaban J connectivity index is 1.37. The SMILES string of the molecule is COC(=O)C(C(C)=O)=C1Sc2c(O)c3c(c(O)c2S1)SC(=C1C(=O)N(Cc2ccccc2)N(Cc2ccccc2)C1=O)S3. The van der Waals surface area contributed by atoms with E-state index < -0.39 is 23.6 Å². The minimum atomic E-state index is -0.809. The maximum atomic E-state index is 13.9. The zero-order valence-electron chi connectivity index (χ0n) is 22.7. The van der Waals surface area contributed by atoms with Gasteiger partial charge in [0.05, 0.1) is 48.3 Å². The molecular formula is C30H22N2O7S4.